The molecule has 0 bridgehead atoms. The number of Topliss-reactive ketones (excluding diaryl/α,β-unsaturated/α-hetero) is 1. The number of ketones is 1. The zero-order valence-electron chi connectivity index (χ0n) is 9.77. The average Bonchev–Trinajstić information content (AvgIpc) is 2.35. The van der Waals surface area contributed by atoms with Gasteiger partial charge in [0.05, 0.1) is 5.56 Å². The van der Waals surface area contributed by atoms with Crippen LogP contribution in [-0.2, 0) is 0 Å². The van der Waals surface area contributed by atoms with E-state index in [9.17, 15) is 4.79 Å². The van der Waals surface area contributed by atoms with Crippen LogP contribution in [0.5, 0.6) is 5.75 Å². The Hall–Kier alpha value is -2.09. The monoisotopic (exact) mass is 226 g/mol. The van der Waals surface area contributed by atoms with E-state index in [4.69, 9.17) is 4.74 Å². The standard InChI is InChI=1S/C15H14O2/c1-3-10-17-14-9-8-12-6-4-5-7-13(12)15(14)11(2)16/h3-9H,1,10H2,2H3. The van der Waals surface area contributed by atoms with E-state index in [1.165, 1.54) is 0 Å². The van der Waals surface area contributed by atoms with Gasteiger partial charge < -0.3 is 4.74 Å². The van der Waals surface area contributed by atoms with Crippen LogP contribution >= 0.6 is 0 Å². The van der Waals surface area contributed by atoms with Crippen LogP contribution in [0, 0.1) is 0 Å². The van der Waals surface area contributed by atoms with E-state index in [-0.39, 0.29) is 5.78 Å². The van der Waals surface area contributed by atoms with Gasteiger partial charge in [0, 0.05) is 0 Å². The molecule has 0 spiro atoms. The zero-order chi connectivity index (χ0) is 12.3. The van der Waals surface area contributed by atoms with Crippen LogP contribution in [-0.4, -0.2) is 12.4 Å². The van der Waals surface area contributed by atoms with Crippen molar-refractivity contribution in [3.05, 3.63) is 54.6 Å². The van der Waals surface area contributed by atoms with Crippen LogP contribution in [0.2, 0.25) is 0 Å². The summed E-state index contributed by atoms with van der Waals surface area (Å²) in [6, 6.07) is 11.6. The van der Waals surface area contributed by atoms with Crippen molar-refractivity contribution >= 4 is 16.6 Å². The van der Waals surface area contributed by atoms with Gasteiger partial charge in [0.2, 0.25) is 0 Å². The lowest BCUT2D eigenvalue weighted by Gasteiger charge is -2.10. The molecule has 0 aliphatic carbocycles. The van der Waals surface area contributed by atoms with Gasteiger partial charge in [-0.2, -0.15) is 0 Å². The summed E-state index contributed by atoms with van der Waals surface area (Å²) in [6.45, 7) is 5.56. The van der Waals surface area contributed by atoms with Crippen LogP contribution in [0.3, 0.4) is 0 Å². The second-order valence-electron chi connectivity index (χ2n) is 3.82. The third kappa shape index (κ3) is 2.21. The largest absolute Gasteiger partial charge is 0.489 e. The van der Waals surface area contributed by atoms with E-state index >= 15 is 0 Å². The maximum Gasteiger partial charge on any atom is 0.164 e. The summed E-state index contributed by atoms with van der Waals surface area (Å²) in [4.78, 5) is 11.7. The minimum atomic E-state index is 0.0147. The molecule has 0 fully saturated rings. The predicted octanol–water partition coefficient (Wildman–Crippen LogP) is 3.61. The summed E-state index contributed by atoms with van der Waals surface area (Å²) < 4.78 is 5.52. The molecule has 2 nitrogen and oxygen atoms in total. The normalized spacial score (nSPS) is 10.2. The smallest absolute Gasteiger partial charge is 0.164 e. The molecule has 2 aromatic carbocycles. The van der Waals surface area contributed by atoms with Crippen LogP contribution in [0.4, 0.5) is 0 Å². The van der Waals surface area contributed by atoms with Gasteiger partial charge in [-0.15, -0.1) is 0 Å². The van der Waals surface area contributed by atoms with Crippen molar-refractivity contribution in [1.29, 1.82) is 0 Å². The van der Waals surface area contributed by atoms with Crippen molar-refractivity contribution < 1.29 is 9.53 Å². The molecule has 2 heteroatoms. The minimum Gasteiger partial charge on any atom is -0.489 e. The molecular formula is C15H14O2. The number of hydrogen-bond donors (Lipinski definition) is 0. The van der Waals surface area contributed by atoms with Gasteiger partial charge in [0.15, 0.2) is 5.78 Å². The third-order valence-corrected chi connectivity index (χ3v) is 2.60. The molecule has 0 heterocycles. The summed E-state index contributed by atoms with van der Waals surface area (Å²) >= 11 is 0. The van der Waals surface area contributed by atoms with E-state index in [1.807, 2.05) is 36.4 Å². The number of benzene rings is 2. The van der Waals surface area contributed by atoms with E-state index in [1.54, 1.807) is 13.0 Å². The number of ether oxygens (including phenoxy) is 1. The molecule has 2 rings (SSSR count). The number of hydrogen-bond acceptors (Lipinski definition) is 2. The summed E-state index contributed by atoms with van der Waals surface area (Å²) in [7, 11) is 0. The molecule has 0 N–H and O–H groups in total. The molecular weight excluding hydrogens is 212 g/mol. The van der Waals surface area contributed by atoms with Gasteiger partial charge in [-0.3, -0.25) is 4.79 Å². The van der Waals surface area contributed by atoms with Crippen LogP contribution in [0.15, 0.2) is 49.1 Å². The Bertz CT molecular complexity index is 570. The first-order chi connectivity index (χ1) is 8.24. The number of rotatable bonds is 4. The van der Waals surface area contributed by atoms with Crippen molar-refractivity contribution in [2.75, 3.05) is 6.61 Å². The molecule has 0 saturated carbocycles. The Morgan fingerprint density at radius 3 is 2.76 bits per heavy atom. The first kappa shape index (κ1) is 11.4. The van der Waals surface area contributed by atoms with Crippen molar-refractivity contribution in [3.8, 4) is 5.75 Å². The number of fused-ring (bicyclic) bond motifs is 1. The lowest BCUT2D eigenvalue weighted by molar-refractivity contribution is 0.101. The first-order valence-electron chi connectivity index (χ1n) is 5.50. The molecule has 0 aliphatic rings. The maximum atomic E-state index is 11.7. The van der Waals surface area contributed by atoms with E-state index in [0.717, 1.165) is 10.8 Å². The molecule has 17 heavy (non-hydrogen) atoms. The highest BCUT2D eigenvalue weighted by Gasteiger charge is 2.12. The fraction of sp³-hybridized carbons (Fsp3) is 0.133. The lowest BCUT2D eigenvalue weighted by atomic mass is 10.0. The lowest BCUT2D eigenvalue weighted by Crippen LogP contribution is -2.02. The van der Waals surface area contributed by atoms with E-state index in [2.05, 4.69) is 6.58 Å². The quantitative estimate of drug-likeness (QED) is 0.588. The molecule has 0 unspecified atom stereocenters. The Balaban J connectivity index is 2.64. The fourth-order valence-electron chi connectivity index (χ4n) is 1.88. The minimum absolute atomic E-state index is 0.0147. The van der Waals surface area contributed by atoms with Crippen LogP contribution < -0.4 is 4.74 Å². The summed E-state index contributed by atoms with van der Waals surface area (Å²) in [5.74, 6) is 0.636. The topological polar surface area (TPSA) is 26.3 Å². The van der Waals surface area contributed by atoms with Crippen molar-refractivity contribution in [1.82, 2.24) is 0 Å². The third-order valence-electron chi connectivity index (χ3n) is 2.60. The highest BCUT2D eigenvalue weighted by Crippen LogP contribution is 2.28. The van der Waals surface area contributed by atoms with Gasteiger partial charge in [-0.05, 0) is 23.8 Å². The highest BCUT2D eigenvalue weighted by atomic mass is 16.5. The van der Waals surface area contributed by atoms with E-state index in [0.29, 0.717) is 17.9 Å². The van der Waals surface area contributed by atoms with Crippen molar-refractivity contribution in [2.45, 2.75) is 6.92 Å². The Morgan fingerprint density at radius 2 is 2.06 bits per heavy atom. The van der Waals surface area contributed by atoms with E-state index < -0.39 is 0 Å². The van der Waals surface area contributed by atoms with Gasteiger partial charge in [0.25, 0.3) is 0 Å². The number of carbonyl (C=O) groups is 1. The Labute approximate surface area is 101 Å². The molecule has 86 valence electrons. The second kappa shape index (κ2) is 4.83. The molecule has 0 amide bonds. The van der Waals surface area contributed by atoms with Gasteiger partial charge in [-0.25, -0.2) is 0 Å². The first-order valence-corrected chi connectivity index (χ1v) is 5.50. The van der Waals surface area contributed by atoms with Crippen molar-refractivity contribution in [2.24, 2.45) is 0 Å². The second-order valence-corrected chi connectivity index (χ2v) is 3.82. The van der Waals surface area contributed by atoms with Crippen LogP contribution in [0.25, 0.3) is 10.8 Å². The Kier molecular flexibility index (Phi) is 3.24. The number of carbonyl (C=O) groups excluding carboxylic acids is 1. The van der Waals surface area contributed by atoms with Crippen molar-refractivity contribution in [3.63, 3.8) is 0 Å². The molecule has 0 saturated heterocycles. The zero-order valence-corrected chi connectivity index (χ0v) is 9.77. The van der Waals surface area contributed by atoms with Gasteiger partial charge in [-0.1, -0.05) is 43.0 Å². The fourth-order valence-corrected chi connectivity index (χ4v) is 1.88. The summed E-state index contributed by atoms with van der Waals surface area (Å²) in [5, 5.41) is 1.98. The van der Waals surface area contributed by atoms with Crippen LogP contribution in [0.1, 0.15) is 17.3 Å². The molecule has 0 radical (unpaired) electrons. The SMILES string of the molecule is C=CCOc1ccc2ccccc2c1C(C)=O. The predicted molar refractivity (Wildman–Crippen MR) is 69.6 cm³/mol. The molecule has 0 atom stereocenters. The summed E-state index contributed by atoms with van der Waals surface area (Å²) in [5.41, 5.74) is 0.643. The molecule has 2 aromatic rings. The molecule has 0 aromatic heterocycles. The van der Waals surface area contributed by atoms with Gasteiger partial charge >= 0.3 is 0 Å². The summed E-state index contributed by atoms with van der Waals surface area (Å²) in [6.07, 6.45) is 1.67. The molecule has 0 aliphatic heterocycles. The van der Waals surface area contributed by atoms with Gasteiger partial charge in [0.1, 0.15) is 12.4 Å². The average molecular weight is 226 g/mol. The Morgan fingerprint density at radius 1 is 1.29 bits per heavy atom. The maximum absolute atomic E-state index is 11.7. The highest BCUT2D eigenvalue weighted by molar-refractivity contribution is 6.09.